The lowest BCUT2D eigenvalue weighted by Crippen LogP contribution is -2.28. The fourth-order valence-electron chi connectivity index (χ4n) is 1.88. The number of nitrogens with zero attached hydrogens (tertiary/aromatic N) is 1. The van der Waals surface area contributed by atoms with E-state index >= 15 is 0 Å². The number of carbonyl (C=O) groups excluding carboxylic acids is 1. The van der Waals surface area contributed by atoms with Crippen LogP contribution in [0.25, 0.3) is 0 Å². The molecule has 1 saturated carbocycles. The van der Waals surface area contributed by atoms with Crippen molar-refractivity contribution in [2.45, 2.75) is 39.7 Å². The third-order valence-corrected chi connectivity index (χ3v) is 3.40. The van der Waals surface area contributed by atoms with Gasteiger partial charge >= 0.3 is 0 Å². The van der Waals surface area contributed by atoms with Crippen molar-refractivity contribution in [1.82, 2.24) is 10.3 Å². The Kier molecular flexibility index (Phi) is 3.55. The number of amides is 1. The van der Waals surface area contributed by atoms with Gasteiger partial charge in [0.15, 0.2) is 0 Å². The largest absolute Gasteiger partial charge is 0.370 e. The molecule has 2 N–H and O–H groups in total. The van der Waals surface area contributed by atoms with Crippen molar-refractivity contribution in [1.29, 1.82) is 0 Å². The van der Waals surface area contributed by atoms with E-state index in [4.69, 9.17) is 0 Å². The van der Waals surface area contributed by atoms with Crippen LogP contribution in [0.1, 0.15) is 44.0 Å². The van der Waals surface area contributed by atoms with Crippen LogP contribution in [0.2, 0.25) is 0 Å². The maximum absolute atomic E-state index is 12.0. The molecule has 0 aromatic carbocycles. The molecule has 2 rings (SSSR count). The van der Waals surface area contributed by atoms with Gasteiger partial charge in [-0.2, -0.15) is 0 Å². The van der Waals surface area contributed by atoms with Crippen LogP contribution in [0.5, 0.6) is 0 Å². The average molecular weight is 247 g/mol. The highest BCUT2D eigenvalue weighted by Gasteiger charge is 2.46. The summed E-state index contributed by atoms with van der Waals surface area (Å²) in [5, 5.41) is 6.23. The average Bonchev–Trinajstić information content (AvgIpc) is 2.94. The Bertz CT molecular complexity index is 442. The number of hydrogen-bond acceptors (Lipinski definition) is 3. The van der Waals surface area contributed by atoms with E-state index in [1.165, 1.54) is 0 Å². The number of hydrogen-bond donors (Lipinski definition) is 2. The van der Waals surface area contributed by atoms with Gasteiger partial charge in [-0.05, 0) is 30.4 Å². The summed E-state index contributed by atoms with van der Waals surface area (Å²) in [6.45, 7) is 7.30. The van der Waals surface area contributed by atoms with Crippen LogP contribution in [0, 0.1) is 5.41 Å². The van der Waals surface area contributed by atoms with Crippen molar-refractivity contribution >= 4 is 11.7 Å². The first kappa shape index (κ1) is 12.9. The second kappa shape index (κ2) is 4.96. The van der Waals surface area contributed by atoms with Gasteiger partial charge in [0.1, 0.15) is 5.82 Å². The maximum Gasteiger partial charge on any atom is 0.251 e. The number of rotatable bonds is 5. The molecule has 4 heteroatoms. The van der Waals surface area contributed by atoms with Crippen LogP contribution in [-0.4, -0.2) is 23.5 Å². The van der Waals surface area contributed by atoms with E-state index in [-0.39, 0.29) is 11.3 Å². The number of nitrogens with one attached hydrogen (secondary N) is 2. The van der Waals surface area contributed by atoms with Crippen molar-refractivity contribution < 1.29 is 4.79 Å². The summed E-state index contributed by atoms with van der Waals surface area (Å²) in [6, 6.07) is 3.87. The second-order valence-electron chi connectivity index (χ2n) is 5.58. The molecule has 1 heterocycles. The Morgan fingerprint density at radius 2 is 2.28 bits per heavy atom. The van der Waals surface area contributed by atoms with E-state index in [0.717, 1.165) is 25.2 Å². The first-order valence-corrected chi connectivity index (χ1v) is 6.54. The van der Waals surface area contributed by atoms with E-state index in [1.54, 1.807) is 18.3 Å². The minimum Gasteiger partial charge on any atom is -0.370 e. The predicted octanol–water partition coefficient (Wildman–Crippen LogP) is 2.43. The molecule has 0 bridgehead atoms. The quantitative estimate of drug-likeness (QED) is 0.840. The summed E-state index contributed by atoms with van der Waals surface area (Å²) in [4.78, 5) is 16.2. The number of pyridine rings is 1. The first-order chi connectivity index (χ1) is 8.53. The molecule has 0 spiro atoms. The van der Waals surface area contributed by atoms with Gasteiger partial charge in [-0.15, -0.1) is 0 Å². The molecular formula is C14H21N3O. The summed E-state index contributed by atoms with van der Waals surface area (Å²) in [5.41, 5.74) is 0.928. The fourth-order valence-corrected chi connectivity index (χ4v) is 1.88. The second-order valence-corrected chi connectivity index (χ2v) is 5.58. The molecule has 1 unspecified atom stereocenters. The van der Waals surface area contributed by atoms with Crippen molar-refractivity contribution in [3.63, 3.8) is 0 Å². The van der Waals surface area contributed by atoms with Crippen LogP contribution in [0.4, 0.5) is 5.82 Å². The number of aromatic nitrogens is 1. The van der Waals surface area contributed by atoms with Gasteiger partial charge in [-0.1, -0.05) is 20.8 Å². The van der Waals surface area contributed by atoms with Gasteiger partial charge in [0.05, 0.1) is 0 Å². The summed E-state index contributed by atoms with van der Waals surface area (Å²) < 4.78 is 0. The first-order valence-electron chi connectivity index (χ1n) is 6.54. The van der Waals surface area contributed by atoms with Gasteiger partial charge in [-0.25, -0.2) is 4.98 Å². The molecule has 98 valence electrons. The predicted molar refractivity (Wildman–Crippen MR) is 72.7 cm³/mol. The lowest BCUT2D eigenvalue weighted by atomic mass is 10.2. The fraction of sp³-hybridized carbons (Fsp3) is 0.571. The molecular weight excluding hydrogens is 226 g/mol. The van der Waals surface area contributed by atoms with Crippen molar-refractivity contribution in [2.24, 2.45) is 5.41 Å². The molecule has 1 aromatic rings. The molecule has 0 aliphatic heterocycles. The number of anilines is 1. The van der Waals surface area contributed by atoms with Gasteiger partial charge in [-0.3, -0.25) is 4.79 Å². The minimum atomic E-state index is -0.00692. The smallest absolute Gasteiger partial charge is 0.251 e. The Morgan fingerprint density at radius 1 is 1.56 bits per heavy atom. The normalized spacial score (nSPS) is 20.3. The standard InChI is InChI=1S/C14H21N3O/c1-4-6-15-12-8-10(5-7-16-12)13(18)17-11-9-14(11,2)3/h5,7-8,11H,4,6,9H2,1-3H3,(H,15,16)(H,17,18). The molecule has 1 aliphatic carbocycles. The summed E-state index contributed by atoms with van der Waals surface area (Å²) >= 11 is 0. The molecule has 0 radical (unpaired) electrons. The van der Waals surface area contributed by atoms with E-state index < -0.39 is 0 Å². The summed E-state index contributed by atoms with van der Waals surface area (Å²) in [5.74, 6) is 0.757. The maximum atomic E-state index is 12.0. The van der Waals surface area contributed by atoms with Crippen molar-refractivity contribution in [2.75, 3.05) is 11.9 Å². The molecule has 1 atom stereocenters. The van der Waals surface area contributed by atoms with Gasteiger partial charge in [0, 0.05) is 24.3 Å². The highest BCUT2D eigenvalue weighted by Crippen LogP contribution is 2.44. The molecule has 4 nitrogen and oxygen atoms in total. The van der Waals surface area contributed by atoms with Crippen LogP contribution >= 0.6 is 0 Å². The van der Waals surface area contributed by atoms with Crippen LogP contribution < -0.4 is 10.6 Å². The third kappa shape index (κ3) is 3.00. The Balaban J connectivity index is 1.97. The van der Waals surface area contributed by atoms with E-state index in [9.17, 15) is 4.79 Å². The molecule has 1 amide bonds. The van der Waals surface area contributed by atoms with Crippen LogP contribution in [0.15, 0.2) is 18.3 Å². The number of carbonyl (C=O) groups is 1. The highest BCUT2D eigenvalue weighted by molar-refractivity contribution is 5.95. The van der Waals surface area contributed by atoms with Crippen LogP contribution in [0.3, 0.4) is 0 Å². The zero-order valence-corrected chi connectivity index (χ0v) is 11.3. The van der Waals surface area contributed by atoms with Gasteiger partial charge in [0.2, 0.25) is 0 Å². The minimum absolute atomic E-state index is 0.00692. The molecule has 0 saturated heterocycles. The Hall–Kier alpha value is -1.58. The highest BCUT2D eigenvalue weighted by atomic mass is 16.1. The Labute approximate surface area is 108 Å². The van der Waals surface area contributed by atoms with Crippen LogP contribution in [-0.2, 0) is 0 Å². The monoisotopic (exact) mass is 247 g/mol. The van der Waals surface area contributed by atoms with Crippen molar-refractivity contribution in [3.8, 4) is 0 Å². The van der Waals surface area contributed by atoms with E-state index in [1.807, 2.05) is 0 Å². The summed E-state index contributed by atoms with van der Waals surface area (Å²) in [6.07, 6.45) is 3.77. The lowest BCUT2D eigenvalue weighted by Gasteiger charge is -2.08. The van der Waals surface area contributed by atoms with Gasteiger partial charge in [0.25, 0.3) is 5.91 Å². The molecule has 1 aromatic heterocycles. The lowest BCUT2D eigenvalue weighted by molar-refractivity contribution is 0.0946. The van der Waals surface area contributed by atoms with E-state index in [2.05, 4.69) is 36.4 Å². The molecule has 1 aliphatic rings. The summed E-state index contributed by atoms with van der Waals surface area (Å²) in [7, 11) is 0. The molecule has 1 fully saturated rings. The zero-order chi connectivity index (χ0) is 13.2. The third-order valence-electron chi connectivity index (χ3n) is 3.40. The Morgan fingerprint density at radius 3 is 2.89 bits per heavy atom. The van der Waals surface area contributed by atoms with Crippen molar-refractivity contribution in [3.05, 3.63) is 23.9 Å². The zero-order valence-electron chi connectivity index (χ0n) is 11.3. The molecule has 18 heavy (non-hydrogen) atoms. The van der Waals surface area contributed by atoms with Gasteiger partial charge < -0.3 is 10.6 Å². The van der Waals surface area contributed by atoms with E-state index in [0.29, 0.717) is 11.6 Å². The topological polar surface area (TPSA) is 54.0 Å². The SMILES string of the molecule is CCCNc1cc(C(=O)NC2CC2(C)C)ccn1.